The normalized spacial score (nSPS) is 13.6. The Morgan fingerprint density at radius 2 is 2.39 bits per heavy atom. The molecule has 0 aliphatic heterocycles. The van der Waals surface area contributed by atoms with E-state index in [1.54, 1.807) is 24.4 Å². The fraction of sp³-hybridized carbons (Fsp3) is 0.182. The molecule has 0 bridgehead atoms. The van der Waals surface area contributed by atoms with Crippen LogP contribution in [0.3, 0.4) is 0 Å². The molecule has 0 aliphatic rings. The summed E-state index contributed by atoms with van der Waals surface area (Å²) in [7, 11) is 0. The minimum atomic E-state index is -1.45. The summed E-state index contributed by atoms with van der Waals surface area (Å²) < 4.78 is 1.14. The molecule has 90 valence electrons. The number of carboxylic acids is 1. The van der Waals surface area contributed by atoms with Crippen molar-refractivity contribution in [1.29, 1.82) is 5.26 Å². The lowest BCUT2D eigenvalue weighted by molar-refractivity contribution is -0.144. The summed E-state index contributed by atoms with van der Waals surface area (Å²) in [6.45, 7) is 1.47. The van der Waals surface area contributed by atoms with Crippen LogP contribution < -0.4 is 0 Å². The van der Waals surface area contributed by atoms with Crippen molar-refractivity contribution >= 4 is 5.97 Å². The van der Waals surface area contributed by atoms with Crippen molar-refractivity contribution in [3.05, 3.63) is 42.2 Å². The number of hydrogen-bond acceptors (Lipinski definition) is 5. The van der Waals surface area contributed by atoms with Gasteiger partial charge in [-0.15, -0.1) is 5.10 Å². The van der Waals surface area contributed by atoms with Gasteiger partial charge in [0.05, 0.1) is 0 Å². The zero-order chi connectivity index (χ0) is 13.2. The molecule has 2 aromatic heterocycles. The van der Waals surface area contributed by atoms with Crippen molar-refractivity contribution < 1.29 is 9.90 Å². The van der Waals surface area contributed by atoms with Crippen LogP contribution in [0.1, 0.15) is 18.3 Å². The van der Waals surface area contributed by atoms with Crippen molar-refractivity contribution in [3.8, 4) is 6.07 Å². The standard InChI is InChI=1S/C11H9N5O2/c1-11(10(17)18,8-3-2-4-13-6-8)16-7-14-9(5-12)15-16/h2-4,6-7H,1H3,(H,17,18). The number of pyridine rings is 1. The van der Waals surface area contributed by atoms with Gasteiger partial charge in [0.25, 0.3) is 5.82 Å². The molecule has 0 saturated carbocycles. The van der Waals surface area contributed by atoms with Crippen molar-refractivity contribution in [2.45, 2.75) is 12.5 Å². The Kier molecular flexibility index (Phi) is 2.77. The van der Waals surface area contributed by atoms with Crippen molar-refractivity contribution in [2.75, 3.05) is 0 Å². The monoisotopic (exact) mass is 243 g/mol. The van der Waals surface area contributed by atoms with E-state index in [0.717, 1.165) is 4.68 Å². The average molecular weight is 243 g/mol. The highest BCUT2D eigenvalue weighted by Crippen LogP contribution is 2.24. The molecule has 1 unspecified atom stereocenters. The molecule has 2 heterocycles. The Labute approximate surface area is 102 Å². The third kappa shape index (κ3) is 1.69. The Bertz CT molecular complexity index is 616. The van der Waals surface area contributed by atoms with Crippen LogP contribution in [-0.2, 0) is 10.3 Å². The van der Waals surface area contributed by atoms with Crippen molar-refractivity contribution in [2.24, 2.45) is 0 Å². The first-order chi connectivity index (χ1) is 8.59. The second-order valence-electron chi connectivity index (χ2n) is 3.74. The molecule has 7 nitrogen and oxygen atoms in total. The maximum atomic E-state index is 11.5. The summed E-state index contributed by atoms with van der Waals surface area (Å²) >= 11 is 0. The van der Waals surface area contributed by atoms with Gasteiger partial charge in [0.2, 0.25) is 0 Å². The summed E-state index contributed by atoms with van der Waals surface area (Å²) in [4.78, 5) is 19.1. The summed E-state index contributed by atoms with van der Waals surface area (Å²) in [6.07, 6.45) is 4.22. The fourth-order valence-corrected chi connectivity index (χ4v) is 1.53. The van der Waals surface area contributed by atoms with E-state index < -0.39 is 11.5 Å². The maximum Gasteiger partial charge on any atom is 0.336 e. The number of aliphatic carboxylic acids is 1. The second-order valence-corrected chi connectivity index (χ2v) is 3.74. The van der Waals surface area contributed by atoms with E-state index in [-0.39, 0.29) is 5.82 Å². The molecule has 0 saturated heterocycles. The summed E-state index contributed by atoms with van der Waals surface area (Å²) in [5.41, 5.74) is -0.997. The van der Waals surface area contributed by atoms with Crippen LogP contribution in [0.5, 0.6) is 0 Å². The summed E-state index contributed by atoms with van der Waals surface area (Å²) in [6, 6.07) is 5.03. The molecule has 0 fully saturated rings. The van der Waals surface area contributed by atoms with E-state index in [1.165, 1.54) is 19.4 Å². The molecule has 1 atom stereocenters. The summed E-state index contributed by atoms with van der Waals surface area (Å²) in [5.74, 6) is -1.18. The van der Waals surface area contributed by atoms with Gasteiger partial charge in [0.1, 0.15) is 12.4 Å². The van der Waals surface area contributed by atoms with Crippen LogP contribution in [0.4, 0.5) is 0 Å². The van der Waals surface area contributed by atoms with E-state index in [2.05, 4.69) is 15.1 Å². The lowest BCUT2D eigenvalue weighted by Crippen LogP contribution is -2.40. The molecule has 18 heavy (non-hydrogen) atoms. The largest absolute Gasteiger partial charge is 0.479 e. The van der Waals surface area contributed by atoms with Crippen molar-refractivity contribution in [1.82, 2.24) is 19.7 Å². The number of nitriles is 1. The first kappa shape index (κ1) is 11.7. The van der Waals surface area contributed by atoms with Gasteiger partial charge in [-0.1, -0.05) is 6.07 Å². The van der Waals surface area contributed by atoms with Gasteiger partial charge < -0.3 is 5.11 Å². The Balaban J connectivity index is 2.59. The van der Waals surface area contributed by atoms with Crippen molar-refractivity contribution in [3.63, 3.8) is 0 Å². The van der Waals surface area contributed by atoms with E-state index in [0.29, 0.717) is 5.56 Å². The third-order valence-electron chi connectivity index (χ3n) is 2.69. The lowest BCUT2D eigenvalue weighted by Gasteiger charge is -2.24. The molecule has 1 N–H and O–H groups in total. The SMILES string of the molecule is CC(C(=O)O)(c1cccnc1)n1cnc(C#N)n1. The molecule has 7 heteroatoms. The van der Waals surface area contributed by atoms with Gasteiger partial charge in [-0.2, -0.15) is 5.26 Å². The molecular weight excluding hydrogens is 234 g/mol. The smallest absolute Gasteiger partial charge is 0.336 e. The van der Waals surface area contributed by atoms with Crippen LogP contribution in [0.25, 0.3) is 0 Å². The molecule has 0 aromatic carbocycles. The lowest BCUT2D eigenvalue weighted by atomic mass is 9.94. The quantitative estimate of drug-likeness (QED) is 0.836. The van der Waals surface area contributed by atoms with Gasteiger partial charge in [-0.3, -0.25) is 4.98 Å². The highest BCUT2D eigenvalue weighted by Gasteiger charge is 2.39. The Morgan fingerprint density at radius 1 is 1.61 bits per heavy atom. The van der Waals surface area contributed by atoms with Gasteiger partial charge in [-0.25, -0.2) is 14.5 Å². The van der Waals surface area contributed by atoms with Crippen LogP contribution >= 0.6 is 0 Å². The van der Waals surface area contributed by atoms with Crippen LogP contribution in [0.2, 0.25) is 0 Å². The first-order valence-electron chi connectivity index (χ1n) is 5.05. The highest BCUT2D eigenvalue weighted by atomic mass is 16.4. The number of carbonyl (C=O) groups is 1. The molecule has 0 amide bonds. The zero-order valence-electron chi connectivity index (χ0n) is 9.48. The molecule has 0 aliphatic carbocycles. The van der Waals surface area contributed by atoms with E-state index in [9.17, 15) is 9.90 Å². The summed E-state index contributed by atoms with van der Waals surface area (Å²) in [5, 5.41) is 21.9. The van der Waals surface area contributed by atoms with E-state index >= 15 is 0 Å². The van der Waals surface area contributed by atoms with Gasteiger partial charge in [-0.05, 0) is 13.0 Å². The Morgan fingerprint density at radius 3 is 2.89 bits per heavy atom. The fourth-order valence-electron chi connectivity index (χ4n) is 1.53. The Hall–Kier alpha value is -2.75. The zero-order valence-corrected chi connectivity index (χ0v) is 9.48. The average Bonchev–Trinajstić information content (AvgIpc) is 2.87. The van der Waals surface area contributed by atoms with E-state index in [1.807, 2.05) is 0 Å². The first-order valence-corrected chi connectivity index (χ1v) is 5.05. The van der Waals surface area contributed by atoms with Crippen LogP contribution in [0, 0.1) is 11.3 Å². The van der Waals surface area contributed by atoms with Gasteiger partial charge in [0, 0.05) is 18.0 Å². The number of aromatic nitrogens is 4. The maximum absolute atomic E-state index is 11.5. The third-order valence-corrected chi connectivity index (χ3v) is 2.69. The molecule has 0 radical (unpaired) electrons. The number of rotatable bonds is 3. The van der Waals surface area contributed by atoms with E-state index in [4.69, 9.17) is 5.26 Å². The predicted molar refractivity (Wildman–Crippen MR) is 59.4 cm³/mol. The minimum absolute atomic E-state index is 0.0774. The number of hydrogen-bond donors (Lipinski definition) is 1. The number of nitrogens with zero attached hydrogens (tertiary/aromatic N) is 5. The molecule has 2 aromatic rings. The predicted octanol–water partition coefficient (Wildman–Crippen LogP) is 0.393. The number of carboxylic acid groups (broad SMARTS) is 1. The molecule has 0 spiro atoms. The van der Waals surface area contributed by atoms with Crippen LogP contribution in [0.15, 0.2) is 30.9 Å². The van der Waals surface area contributed by atoms with Gasteiger partial charge in [0.15, 0.2) is 5.54 Å². The highest BCUT2D eigenvalue weighted by molar-refractivity contribution is 5.80. The molecular formula is C11H9N5O2. The topological polar surface area (TPSA) is 105 Å². The molecule has 2 rings (SSSR count). The minimum Gasteiger partial charge on any atom is -0.479 e. The second kappa shape index (κ2) is 4.25. The van der Waals surface area contributed by atoms with Crippen LogP contribution in [-0.4, -0.2) is 30.8 Å². The van der Waals surface area contributed by atoms with Gasteiger partial charge >= 0.3 is 5.97 Å².